The topological polar surface area (TPSA) is 16.4 Å². The van der Waals surface area contributed by atoms with E-state index < -0.39 is 5.41 Å². The lowest BCUT2D eigenvalue weighted by molar-refractivity contribution is 0.669. The lowest BCUT2D eigenvalue weighted by atomic mass is 9.67. The van der Waals surface area contributed by atoms with Crippen LogP contribution < -0.4 is 4.90 Å². The third-order valence-electron chi connectivity index (χ3n) is 14.0. The average Bonchev–Trinajstić information content (AvgIpc) is 3.83. The molecule has 0 amide bonds. The highest BCUT2D eigenvalue weighted by molar-refractivity contribution is 6.33. The zero-order valence-electron chi connectivity index (χ0n) is 34.2. The quantitative estimate of drug-likeness (QED) is 0.156. The fourth-order valence-electron chi connectivity index (χ4n) is 11.4. The summed E-state index contributed by atoms with van der Waals surface area (Å²) in [5.41, 5.74) is 17.1. The van der Waals surface area contributed by atoms with Crippen LogP contribution in [0.5, 0.6) is 0 Å². The van der Waals surface area contributed by atoms with Crippen LogP contribution in [0, 0.1) is 0 Å². The van der Waals surface area contributed by atoms with E-state index in [1.165, 1.54) is 88.0 Å². The number of para-hydroxylation sites is 1. The molecule has 0 saturated carbocycles. The van der Waals surface area contributed by atoms with Crippen molar-refractivity contribution in [1.29, 1.82) is 0 Å². The molecule has 1 heterocycles. The molecule has 2 nitrogen and oxygen atoms in total. The maximum absolute atomic E-state index is 6.63. The molecule has 0 saturated heterocycles. The van der Waals surface area contributed by atoms with E-state index in [1.807, 2.05) is 6.07 Å². The van der Waals surface area contributed by atoms with Crippen molar-refractivity contribution in [1.82, 2.24) is 0 Å². The van der Waals surface area contributed by atoms with Gasteiger partial charge in [0.05, 0.1) is 11.1 Å². The SMILES string of the molecule is c1ccc(-c2ccc(N(c3ccc4c(c3)oc3ccccc34)c3cc4c5c6c3ccc3ccc7cccc(c7c36)-c3cccc(c3-5)C4(c3ccccc3)c3ccccc3)cc2)cc1. The Kier molecular flexibility index (Phi) is 7.07. The van der Waals surface area contributed by atoms with Crippen LogP contribution in [0.1, 0.15) is 22.3 Å². The Bertz CT molecular complexity index is 3790. The second-order valence-corrected chi connectivity index (χ2v) is 17.1. The lowest BCUT2D eigenvalue weighted by Crippen LogP contribution is -2.29. The average molecular weight is 800 g/mol. The van der Waals surface area contributed by atoms with Crippen LogP contribution in [0.4, 0.5) is 17.1 Å². The number of fused-ring (bicyclic) bond motifs is 4. The minimum Gasteiger partial charge on any atom is -0.456 e. The van der Waals surface area contributed by atoms with Crippen LogP contribution in [0.15, 0.2) is 229 Å². The third kappa shape index (κ3) is 4.67. The first-order chi connectivity index (χ1) is 31.3. The van der Waals surface area contributed by atoms with E-state index in [4.69, 9.17) is 4.42 Å². The predicted octanol–water partition coefficient (Wildman–Crippen LogP) is 16.5. The molecule has 292 valence electrons. The van der Waals surface area contributed by atoms with Crippen LogP contribution in [-0.4, -0.2) is 0 Å². The smallest absolute Gasteiger partial charge is 0.137 e. The maximum atomic E-state index is 6.63. The van der Waals surface area contributed by atoms with Gasteiger partial charge in [0.25, 0.3) is 0 Å². The van der Waals surface area contributed by atoms with E-state index in [0.717, 1.165) is 39.0 Å². The zero-order valence-corrected chi connectivity index (χ0v) is 34.2. The number of nitrogens with zero attached hydrogens (tertiary/aromatic N) is 1. The van der Waals surface area contributed by atoms with Crippen molar-refractivity contribution in [3.63, 3.8) is 0 Å². The van der Waals surface area contributed by atoms with E-state index in [-0.39, 0.29) is 0 Å². The van der Waals surface area contributed by atoms with Gasteiger partial charge >= 0.3 is 0 Å². The van der Waals surface area contributed by atoms with Crippen LogP contribution in [0.25, 0.3) is 87.6 Å². The van der Waals surface area contributed by atoms with Gasteiger partial charge in [-0.05, 0) is 114 Å². The minimum atomic E-state index is -0.611. The van der Waals surface area contributed by atoms with Crippen molar-refractivity contribution in [2.24, 2.45) is 0 Å². The summed E-state index contributed by atoms with van der Waals surface area (Å²) in [5.74, 6) is 0. The maximum Gasteiger partial charge on any atom is 0.137 e. The van der Waals surface area contributed by atoms with E-state index >= 15 is 0 Å². The van der Waals surface area contributed by atoms with Gasteiger partial charge in [-0.15, -0.1) is 0 Å². The van der Waals surface area contributed by atoms with E-state index in [0.29, 0.717) is 0 Å². The van der Waals surface area contributed by atoms with E-state index in [1.54, 1.807) is 0 Å². The number of furan rings is 1. The predicted molar refractivity (Wildman–Crippen MR) is 263 cm³/mol. The van der Waals surface area contributed by atoms with Gasteiger partial charge < -0.3 is 9.32 Å². The Labute approximate surface area is 364 Å². The van der Waals surface area contributed by atoms with Crippen molar-refractivity contribution in [2.45, 2.75) is 5.41 Å². The number of anilines is 3. The second-order valence-electron chi connectivity index (χ2n) is 17.1. The number of benzene rings is 11. The van der Waals surface area contributed by atoms with Gasteiger partial charge in [-0.2, -0.15) is 0 Å². The van der Waals surface area contributed by atoms with Gasteiger partial charge in [0.15, 0.2) is 0 Å². The number of hydrogen-bond acceptors (Lipinski definition) is 2. The van der Waals surface area contributed by atoms with Gasteiger partial charge in [0.1, 0.15) is 11.2 Å². The van der Waals surface area contributed by atoms with Gasteiger partial charge in [-0.25, -0.2) is 0 Å². The molecule has 2 aliphatic carbocycles. The molecule has 0 aliphatic heterocycles. The molecule has 0 N–H and O–H groups in total. The Morgan fingerprint density at radius 2 is 0.952 bits per heavy atom. The first-order valence-electron chi connectivity index (χ1n) is 21.8. The normalized spacial score (nSPS) is 13.2. The van der Waals surface area contributed by atoms with Crippen molar-refractivity contribution >= 4 is 71.3 Å². The van der Waals surface area contributed by atoms with Crippen molar-refractivity contribution < 1.29 is 4.42 Å². The molecule has 0 radical (unpaired) electrons. The molecule has 0 unspecified atom stereocenters. The van der Waals surface area contributed by atoms with E-state index in [9.17, 15) is 0 Å². The molecular formula is C61H37NO. The second kappa shape index (κ2) is 12.9. The molecule has 1 aromatic heterocycles. The van der Waals surface area contributed by atoms with Crippen LogP contribution in [0.3, 0.4) is 0 Å². The van der Waals surface area contributed by atoms with E-state index in [2.05, 4.69) is 223 Å². The number of hydrogen-bond donors (Lipinski definition) is 0. The lowest BCUT2D eigenvalue weighted by Gasteiger charge is -2.35. The molecule has 2 heteroatoms. The Morgan fingerprint density at radius 3 is 1.73 bits per heavy atom. The van der Waals surface area contributed by atoms with Crippen LogP contribution in [-0.2, 0) is 5.41 Å². The molecule has 14 rings (SSSR count). The molecule has 11 aromatic carbocycles. The molecule has 2 aliphatic rings. The third-order valence-corrected chi connectivity index (χ3v) is 14.0. The summed E-state index contributed by atoms with van der Waals surface area (Å²) in [6, 6.07) is 83.0. The monoisotopic (exact) mass is 799 g/mol. The van der Waals surface area contributed by atoms with Crippen molar-refractivity contribution in [3.05, 3.63) is 247 Å². The first-order valence-corrected chi connectivity index (χ1v) is 21.8. The molecule has 12 aromatic rings. The summed E-state index contributed by atoms with van der Waals surface area (Å²) in [6.07, 6.45) is 0. The Hall–Kier alpha value is -8.20. The van der Waals surface area contributed by atoms with Crippen molar-refractivity contribution in [3.8, 4) is 33.4 Å². The van der Waals surface area contributed by atoms with Gasteiger partial charge in [-0.1, -0.05) is 182 Å². The summed E-state index contributed by atoms with van der Waals surface area (Å²) in [4.78, 5) is 2.48. The summed E-state index contributed by atoms with van der Waals surface area (Å²) in [7, 11) is 0. The molecular weight excluding hydrogens is 763 g/mol. The van der Waals surface area contributed by atoms with Gasteiger partial charge in [-0.3, -0.25) is 0 Å². The largest absolute Gasteiger partial charge is 0.456 e. The van der Waals surface area contributed by atoms with Gasteiger partial charge in [0.2, 0.25) is 0 Å². The highest BCUT2D eigenvalue weighted by atomic mass is 16.3. The highest BCUT2D eigenvalue weighted by Gasteiger charge is 2.49. The Balaban J connectivity index is 1.17. The fraction of sp³-hybridized carbons (Fsp3) is 0.0164. The summed E-state index contributed by atoms with van der Waals surface area (Å²) in [5, 5.41) is 9.87. The molecule has 0 spiro atoms. The summed E-state index contributed by atoms with van der Waals surface area (Å²) < 4.78 is 6.63. The summed E-state index contributed by atoms with van der Waals surface area (Å²) in [6.45, 7) is 0. The minimum absolute atomic E-state index is 0.611. The molecule has 0 fully saturated rings. The van der Waals surface area contributed by atoms with Gasteiger partial charge in [0, 0.05) is 39.0 Å². The Morgan fingerprint density at radius 1 is 0.349 bits per heavy atom. The van der Waals surface area contributed by atoms with Crippen LogP contribution in [0.2, 0.25) is 0 Å². The molecule has 0 atom stereocenters. The van der Waals surface area contributed by atoms with Crippen molar-refractivity contribution in [2.75, 3.05) is 4.90 Å². The zero-order chi connectivity index (χ0) is 41.2. The first kappa shape index (κ1) is 34.5. The molecule has 63 heavy (non-hydrogen) atoms. The standard InChI is InChI=1S/C61H37NO/c1-4-14-38(15-5-1)39-28-31-44(32-29-39)62(45-33-35-47-46-21-10-11-25-54(46)63-55(47)36-45)53-37-52-60-58-49(48-22-12-16-40-26-27-41-30-34-50(53)59(60)57(41)56(40)48)23-13-24-51(58)61(52,42-17-6-2-7-18-42)43-19-8-3-9-20-43/h1-37H. The highest BCUT2D eigenvalue weighted by Crippen LogP contribution is 2.64. The van der Waals surface area contributed by atoms with Crippen LogP contribution >= 0.6 is 0 Å². The fourth-order valence-corrected chi connectivity index (χ4v) is 11.4. The number of rotatable bonds is 6. The summed E-state index contributed by atoms with van der Waals surface area (Å²) >= 11 is 0. The molecule has 0 bridgehead atoms.